The van der Waals surface area contributed by atoms with Crippen molar-refractivity contribution in [3.05, 3.63) is 77.9 Å². The summed E-state index contributed by atoms with van der Waals surface area (Å²) in [6, 6.07) is 18.9. The maximum Gasteiger partial charge on any atom is 0.345 e. The Hall–Kier alpha value is -3.21. The number of rotatable bonds is 7. The molecule has 5 nitrogen and oxygen atoms in total. The van der Waals surface area contributed by atoms with E-state index < -0.39 is 23.6 Å². The van der Waals surface area contributed by atoms with Gasteiger partial charge in [0.05, 0.1) is 0 Å². The summed E-state index contributed by atoms with van der Waals surface area (Å²) in [5.74, 6) is -0.605. The van der Waals surface area contributed by atoms with E-state index in [1.807, 2.05) is 80.6 Å². The molecule has 0 saturated carbocycles. The van der Waals surface area contributed by atoms with Crippen LogP contribution in [0.5, 0.6) is 0 Å². The van der Waals surface area contributed by atoms with Gasteiger partial charge >= 0.3 is 11.9 Å². The number of carbonyl (C=O) groups excluding carboxylic acids is 2. The Labute approximate surface area is 171 Å². The average molecular weight is 391 g/mol. The van der Waals surface area contributed by atoms with Crippen LogP contribution in [0.2, 0.25) is 0 Å². The number of hydrogen-bond acceptors (Lipinski definition) is 5. The summed E-state index contributed by atoms with van der Waals surface area (Å²) in [6.07, 6.45) is 3.06. The van der Waals surface area contributed by atoms with Crippen LogP contribution in [-0.2, 0) is 19.1 Å². The zero-order chi connectivity index (χ0) is 20.9. The van der Waals surface area contributed by atoms with Crippen LogP contribution in [0, 0.1) is 5.92 Å². The number of esters is 2. The first-order chi connectivity index (χ1) is 13.9. The summed E-state index contributed by atoms with van der Waals surface area (Å²) in [6.45, 7) is 5.32. The van der Waals surface area contributed by atoms with Gasteiger partial charge in [0, 0.05) is 12.5 Å². The van der Waals surface area contributed by atoms with Crippen LogP contribution in [0.25, 0.3) is 6.08 Å². The van der Waals surface area contributed by atoms with Crippen molar-refractivity contribution in [2.75, 3.05) is 0 Å². The van der Waals surface area contributed by atoms with E-state index in [4.69, 9.17) is 14.5 Å². The molecule has 0 radical (unpaired) electrons. The summed E-state index contributed by atoms with van der Waals surface area (Å²) >= 11 is 0. The SMILES string of the molecule is CC(=O)O[C@H](/C=C/c1ccccc1)[C@]1(CC(C)C)N=C(c2ccccc2)OC1=O. The summed E-state index contributed by atoms with van der Waals surface area (Å²) < 4.78 is 11.1. The molecule has 150 valence electrons. The van der Waals surface area contributed by atoms with E-state index in [1.54, 1.807) is 6.08 Å². The quantitative estimate of drug-likeness (QED) is 0.656. The highest BCUT2D eigenvalue weighted by Crippen LogP contribution is 2.35. The molecule has 0 aromatic heterocycles. The average Bonchev–Trinajstić information content (AvgIpc) is 3.03. The maximum atomic E-state index is 13.1. The Balaban J connectivity index is 2.05. The lowest BCUT2D eigenvalue weighted by Gasteiger charge is -2.30. The Kier molecular flexibility index (Phi) is 6.27. The molecule has 0 bridgehead atoms. The minimum atomic E-state index is -1.32. The molecule has 1 aliphatic heterocycles. The largest absolute Gasteiger partial charge is 0.455 e. The first kappa shape index (κ1) is 20.5. The number of nitrogens with zero attached hydrogens (tertiary/aromatic N) is 1. The van der Waals surface area contributed by atoms with Gasteiger partial charge in [-0.3, -0.25) is 4.79 Å². The van der Waals surface area contributed by atoms with E-state index in [1.165, 1.54) is 6.92 Å². The summed E-state index contributed by atoms with van der Waals surface area (Å²) in [5.41, 5.74) is 0.319. The maximum absolute atomic E-state index is 13.1. The van der Waals surface area contributed by atoms with Crippen molar-refractivity contribution in [2.45, 2.75) is 38.8 Å². The lowest BCUT2D eigenvalue weighted by atomic mass is 9.84. The molecular formula is C24H25NO4. The molecule has 0 spiro atoms. The van der Waals surface area contributed by atoms with Gasteiger partial charge in [-0.1, -0.05) is 68.5 Å². The van der Waals surface area contributed by atoms with Gasteiger partial charge in [0.2, 0.25) is 11.4 Å². The van der Waals surface area contributed by atoms with Crippen LogP contribution >= 0.6 is 0 Å². The van der Waals surface area contributed by atoms with Gasteiger partial charge in [-0.15, -0.1) is 0 Å². The van der Waals surface area contributed by atoms with Gasteiger partial charge < -0.3 is 9.47 Å². The van der Waals surface area contributed by atoms with Gasteiger partial charge in [0.1, 0.15) is 0 Å². The molecular weight excluding hydrogens is 366 g/mol. The summed E-state index contributed by atoms with van der Waals surface area (Å²) in [4.78, 5) is 29.6. The van der Waals surface area contributed by atoms with Gasteiger partial charge in [0.25, 0.3) is 0 Å². The predicted octanol–water partition coefficient (Wildman–Crippen LogP) is 4.42. The number of hydrogen-bond donors (Lipinski definition) is 0. The van der Waals surface area contributed by atoms with E-state index in [0.717, 1.165) is 5.56 Å². The Bertz CT molecular complexity index is 918. The number of cyclic esters (lactones) is 1. The van der Waals surface area contributed by atoms with Crippen LogP contribution in [0.4, 0.5) is 0 Å². The Morgan fingerprint density at radius 3 is 2.31 bits per heavy atom. The second-order valence-electron chi connectivity index (χ2n) is 7.49. The third kappa shape index (κ3) is 4.80. The van der Waals surface area contributed by atoms with E-state index in [9.17, 15) is 9.59 Å². The number of ether oxygens (including phenoxy) is 2. The van der Waals surface area contributed by atoms with Crippen LogP contribution in [0.1, 0.15) is 38.3 Å². The second-order valence-corrected chi connectivity index (χ2v) is 7.49. The fourth-order valence-corrected chi connectivity index (χ4v) is 3.41. The van der Waals surface area contributed by atoms with Crippen molar-refractivity contribution in [3.8, 4) is 0 Å². The molecule has 0 saturated heterocycles. The minimum absolute atomic E-state index is 0.129. The third-order valence-electron chi connectivity index (χ3n) is 4.61. The Morgan fingerprint density at radius 2 is 1.72 bits per heavy atom. The molecule has 2 atom stereocenters. The minimum Gasteiger partial charge on any atom is -0.455 e. The lowest BCUT2D eigenvalue weighted by molar-refractivity contribution is -0.153. The highest BCUT2D eigenvalue weighted by atomic mass is 16.6. The van der Waals surface area contributed by atoms with Crippen molar-refractivity contribution in [1.29, 1.82) is 0 Å². The number of benzene rings is 2. The summed E-state index contributed by atoms with van der Waals surface area (Å²) in [5, 5.41) is 0. The molecule has 2 aromatic rings. The van der Waals surface area contributed by atoms with Crippen molar-refractivity contribution >= 4 is 23.9 Å². The molecule has 0 fully saturated rings. The first-order valence-corrected chi connectivity index (χ1v) is 9.69. The monoisotopic (exact) mass is 391 g/mol. The standard InChI is InChI=1S/C24H25NO4/c1-17(2)16-24(23(27)29-22(25-24)20-12-8-5-9-13-20)21(28-18(3)26)15-14-19-10-6-4-7-11-19/h4-15,17,21H,16H2,1-3H3/b15-14+/t21-,24+/m1/s1. The topological polar surface area (TPSA) is 65.0 Å². The molecule has 3 rings (SSSR count). The molecule has 0 unspecified atom stereocenters. The molecule has 2 aromatic carbocycles. The normalized spacial score (nSPS) is 19.9. The lowest BCUT2D eigenvalue weighted by Crippen LogP contribution is -2.48. The molecule has 1 aliphatic rings. The van der Waals surface area contributed by atoms with E-state index in [2.05, 4.69) is 0 Å². The molecule has 1 heterocycles. The van der Waals surface area contributed by atoms with Crippen LogP contribution in [-0.4, -0.2) is 29.5 Å². The smallest absolute Gasteiger partial charge is 0.345 e. The first-order valence-electron chi connectivity index (χ1n) is 9.69. The second kappa shape index (κ2) is 8.86. The third-order valence-corrected chi connectivity index (χ3v) is 4.61. The fourth-order valence-electron chi connectivity index (χ4n) is 3.41. The van der Waals surface area contributed by atoms with Gasteiger partial charge in [0.15, 0.2) is 6.10 Å². The van der Waals surface area contributed by atoms with Crippen LogP contribution in [0.15, 0.2) is 71.7 Å². The van der Waals surface area contributed by atoms with Crippen molar-refractivity contribution in [1.82, 2.24) is 0 Å². The van der Waals surface area contributed by atoms with E-state index in [-0.39, 0.29) is 11.8 Å². The van der Waals surface area contributed by atoms with Gasteiger partial charge in [-0.2, -0.15) is 0 Å². The molecule has 0 aliphatic carbocycles. The van der Waals surface area contributed by atoms with Gasteiger partial charge in [-0.05, 0) is 36.1 Å². The molecule has 29 heavy (non-hydrogen) atoms. The Morgan fingerprint density at radius 1 is 1.10 bits per heavy atom. The van der Waals surface area contributed by atoms with Crippen LogP contribution < -0.4 is 0 Å². The highest BCUT2D eigenvalue weighted by Gasteiger charge is 2.53. The van der Waals surface area contributed by atoms with Crippen LogP contribution in [0.3, 0.4) is 0 Å². The molecule has 0 N–H and O–H groups in total. The zero-order valence-corrected chi connectivity index (χ0v) is 16.9. The van der Waals surface area contributed by atoms with Crippen molar-refractivity contribution in [2.24, 2.45) is 10.9 Å². The van der Waals surface area contributed by atoms with Gasteiger partial charge in [-0.25, -0.2) is 9.79 Å². The van der Waals surface area contributed by atoms with E-state index in [0.29, 0.717) is 12.0 Å². The number of carbonyl (C=O) groups is 2. The predicted molar refractivity (Wildman–Crippen MR) is 112 cm³/mol. The van der Waals surface area contributed by atoms with E-state index >= 15 is 0 Å². The fraction of sp³-hybridized carbons (Fsp3) is 0.292. The molecule has 5 heteroatoms. The van der Waals surface area contributed by atoms with Crippen molar-refractivity contribution in [3.63, 3.8) is 0 Å². The van der Waals surface area contributed by atoms with Crippen molar-refractivity contribution < 1.29 is 19.1 Å². The zero-order valence-electron chi connectivity index (χ0n) is 16.9. The number of aliphatic imine (C=N–C) groups is 1. The summed E-state index contributed by atoms with van der Waals surface area (Å²) in [7, 11) is 0. The highest BCUT2D eigenvalue weighted by molar-refractivity contribution is 6.08. The molecule has 0 amide bonds.